The van der Waals surface area contributed by atoms with Crippen molar-refractivity contribution in [2.45, 2.75) is 52.4 Å². The van der Waals surface area contributed by atoms with Gasteiger partial charge in [-0.05, 0) is 82.0 Å². The molecule has 0 spiro atoms. The standard InChI is InChI=1S/C54H45N5/c1-52(2)43-32-42-41-31-30-40-39-24-16-17-25-45(39)58(37-22-14-9-15-23-37)47(40)48(41)59(46(42)33-44(43)53(3,4)54(52,5)6)38-28-26-36(27-29-38)51-56-49(34-18-10-7-11-19-34)55-50(57-51)35-20-12-8-13-21-35/h7-33H,1-6H3. The monoisotopic (exact) mass is 763 g/mol. The lowest BCUT2D eigenvalue weighted by molar-refractivity contribution is 0.125. The lowest BCUT2D eigenvalue weighted by atomic mass is 9.59. The second-order valence-corrected chi connectivity index (χ2v) is 17.8. The highest BCUT2D eigenvalue weighted by molar-refractivity contribution is 6.24. The number of hydrogen-bond acceptors (Lipinski definition) is 3. The summed E-state index contributed by atoms with van der Waals surface area (Å²) in [6.07, 6.45) is 0. The lowest BCUT2D eigenvalue weighted by Crippen LogP contribution is -2.42. The van der Waals surface area contributed by atoms with Gasteiger partial charge in [0.25, 0.3) is 0 Å². The van der Waals surface area contributed by atoms with E-state index in [0.717, 1.165) is 28.1 Å². The zero-order valence-electron chi connectivity index (χ0n) is 34.3. The number of aromatic nitrogens is 5. The maximum Gasteiger partial charge on any atom is 0.164 e. The van der Waals surface area contributed by atoms with Gasteiger partial charge in [0.15, 0.2) is 17.5 Å². The molecule has 7 aromatic carbocycles. The fraction of sp³-hybridized carbons (Fsp3) is 0.167. The third-order valence-corrected chi connectivity index (χ3v) is 14.3. The van der Waals surface area contributed by atoms with Gasteiger partial charge in [-0.15, -0.1) is 0 Å². The lowest BCUT2D eigenvalue weighted by Gasteiger charge is -2.44. The highest BCUT2D eigenvalue weighted by Gasteiger charge is 2.57. The predicted molar refractivity (Wildman–Crippen MR) is 245 cm³/mol. The second-order valence-electron chi connectivity index (χ2n) is 17.8. The van der Waals surface area contributed by atoms with Gasteiger partial charge in [-0.3, -0.25) is 0 Å². The number of hydrogen-bond donors (Lipinski definition) is 0. The van der Waals surface area contributed by atoms with Crippen molar-refractivity contribution < 1.29 is 0 Å². The molecule has 3 aromatic heterocycles. The molecule has 0 atom stereocenters. The maximum atomic E-state index is 5.05. The summed E-state index contributed by atoms with van der Waals surface area (Å²) < 4.78 is 4.98. The Hall–Kier alpha value is -6.85. The first kappa shape index (κ1) is 35.3. The normalized spacial score (nSPS) is 15.4. The number of benzene rings is 7. The van der Waals surface area contributed by atoms with Crippen molar-refractivity contribution in [2.24, 2.45) is 5.41 Å². The van der Waals surface area contributed by atoms with Crippen LogP contribution in [0.2, 0.25) is 0 Å². The van der Waals surface area contributed by atoms with E-state index < -0.39 is 0 Å². The van der Waals surface area contributed by atoms with E-state index in [9.17, 15) is 0 Å². The molecule has 0 aliphatic heterocycles. The average molecular weight is 764 g/mol. The molecular formula is C54H45N5. The third kappa shape index (κ3) is 5.00. The number of nitrogens with zero attached hydrogens (tertiary/aromatic N) is 5. The molecule has 0 fully saturated rings. The molecule has 0 amide bonds. The van der Waals surface area contributed by atoms with Gasteiger partial charge in [0.2, 0.25) is 0 Å². The van der Waals surface area contributed by atoms with Crippen LogP contribution in [0.15, 0.2) is 164 Å². The van der Waals surface area contributed by atoms with E-state index in [2.05, 4.69) is 178 Å². The fourth-order valence-electron chi connectivity index (χ4n) is 9.89. The Balaban J connectivity index is 1.20. The minimum Gasteiger partial charge on any atom is -0.307 e. The van der Waals surface area contributed by atoms with Crippen molar-refractivity contribution in [3.63, 3.8) is 0 Å². The minimum absolute atomic E-state index is 0.0269. The van der Waals surface area contributed by atoms with Gasteiger partial charge in [-0.25, -0.2) is 15.0 Å². The van der Waals surface area contributed by atoms with Crippen LogP contribution in [0.5, 0.6) is 0 Å². The summed E-state index contributed by atoms with van der Waals surface area (Å²) in [5.41, 5.74) is 12.7. The van der Waals surface area contributed by atoms with Crippen molar-refractivity contribution in [1.29, 1.82) is 0 Å². The van der Waals surface area contributed by atoms with Gasteiger partial charge >= 0.3 is 0 Å². The van der Waals surface area contributed by atoms with Crippen LogP contribution < -0.4 is 0 Å². The topological polar surface area (TPSA) is 48.5 Å². The van der Waals surface area contributed by atoms with E-state index in [0.29, 0.717) is 17.5 Å². The summed E-state index contributed by atoms with van der Waals surface area (Å²) in [7, 11) is 0. The predicted octanol–water partition coefficient (Wildman–Crippen LogP) is 13.7. The smallest absolute Gasteiger partial charge is 0.164 e. The zero-order chi connectivity index (χ0) is 40.3. The van der Waals surface area contributed by atoms with Gasteiger partial charge in [-0.2, -0.15) is 0 Å². The molecule has 0 bridgehead atoms. The summed E-state index contributed by atoms with van der Waals surface area (Å²) in [5, 5.41) is 4.99. The Morgan fingerprint density at radius 3 is 1.34 bits per heavy atom. The SMILES string of the molecule is CC1(C)c2cc3c4ccc5c6ccccc6n(-c6ccccc6)c5c4n(-c4ccc(-c5nc(-c6ccccc6)nc(-c6ccccc6)n5)cc4)c3cc2C(C)(C)C1(C)C. The summed E-state index contributed by atoms with van der Waals surface area (Å²) in [6.45, 7) is 14.6. The Bertz CT molecular complexity index is 3200. The molecule has 59 heavy (non-hydrogen) atoms. The zero-order valence-corrected chi connectivity index (χ0v) is 34.3. The molecule has 0 saturated carbocycles. The highest BCUT2D eigenvalue weighted by atomic mass is 15.1. The van der Waals surface area contributed by atoms with Gasteiger partial charge in [0.1, 0.15) is 0 Å². The molecule has 0 N–H and O–H groups in total. The van der Waals surface area contributed by atoms with Crippen LogP contribution in [0.4, 0.5) is 0 Å². The Morgan fingerprint density at radius 2 is 0.780 bits per heavy atom. The maximum absolute atomic E-state index is 5.05. The van der Waals surface area contributed by atoms with Crippen molar-refractivity contribution in [3.8, 4) is 45.5 Å². The molecule has 286 valence electrons. The largest absolute Gasteiger partial charge is 0.307 e. The summed E-state index contributed by atoms with van der Waals surface area (Å²) in [4.78, 5) is 15.0. The van der Waals surface area contributed by atoms with Crippen LogP contribution in [0, 0.1) is 5.41 Å². The molecule has 5 nitrogen and oxygen atoms in total. The van der Waals surface area contributed by atoms with Crippen molar-refractivity contribution in [1.82, 2.24) is 24.1 Å². The molecule has 1 aliphatic rings. The minimum atomic E-state index is -0.0506. The summed E-state index contributed by atoms with van der Waals surface area (Å²) in [5.74, 6) is 1.95. The van der Waals surface area contributed by atoms with Gasteiger partial charge in [0.05, 0.1) is 22.1 Å². The number of fused-ring (bicyclic) bond motifs is 8. The van der Waals surface area contributed by atoms with Crippen LogP contribution >= 0.6 is 0 Å². The Labute approximate surface area is 344 Å². The highest BCUT2D eigenvalue weighted by Crippen LogP contribution is 2.62. The first-order valence-electron chi connectivity index (χ1n) is 20.6. The third-order valence-electron chi connectivity index (χ3n) is 14.3. The first-order valence-corrected chi connectivity index (χ1v) is 20.6. The quantitative estimate of drug-likeness (QED) is 0.175. The van der Waals surface area contributed by atoms with Crippen LogP contribution in [-0.4, -0.2) is 24.1 Å². The molecule has 3 heterocycles. The van der Waals surface area contributed by atoms with E-state index in [1.807, 2.05) is 36.4 Å². The molecule has 5 heteroatoms. The van der Waals surface area contributed by atoms with Crippen LogP contribution in [0.25, 0.3) is 89.2 Å². The van der Waals surface area contributed by atoms with E-state index in [1.165, 1.54) is 54.7 Å². The van der Waals surface area contributed by atoms with Crippen LogP contribution in [0.1, 0.15) is 52.7 Å². The summed E-state index contributed by atoms with van der Waals surface area (Å²) in [6, 6.07) is 58.5. The average Bonchev–Trinajstić information content (AvgIpc) is 3.82. The van der Waals surface area contributed by atoms with E-state index in [1.54, 1.807) is 0 Å². The Morgan fingerprint density at radius 1 is 0.356 bits per heavy atom. The second kappa shape index (κ2) is 12.6. The van der Waals surface area contributed by atoms with Crippen molar-refractivity contribution >= 4 is 43.6 Å². The first-order chi connectivity index (χ1) is 28.5. The van der Waals surface area contributed by atoms with Crippen LogP contribution in [0.3, 0.4) is 0 Å². The van der Waals surface area contributed by atoms with E-state index in [-0.39, 0.29) is 16.2 Å². The van der Waals surface area contributed by atoms with Crippen LogP contribution in [-0.2, 0) is 10.8 Å². The van der Waals surface area contributed by atoms with E-state index in [4.69, 9.17) is 15.0 Å². The molecule has 0 saturated heterocycles. The van der Waals surface area contributed by atoms with Crippen molar-refractivity contribution in [3.05, 3.63) is 175 Å². The van der Waals surface area contributed by atoms with E-state index >= 15 is 0 Å². The molecule has 1 aliphatic carbocycles. The van der Waals surface area contributed by atoms with Crippen molar-refractivity contribution in [2.75, 3.05) is 0 Å². The summed E-state index contributed by atoms with van der Waals surface area (Å²) >= 11 is 0. The van der Waals surface area contributed by atoms with Gasteiger partial charge < -0.3 is 9.13 Å². The number of para-hydroxylation sites is 2. The molecule has 11 rings (SSSR count). The Kier molecular flexibility index (Phi) is 7.53. The molecular weight excluding hydrogens is 719 g/mol. The molecule has 0 radical (unpaired) electrons. The fourth-order valence-corrected chi connectivity index (χ4v) is 9.89. The molecule has 0 unspecified atom stereocenters. The van der Waals surface area contributed by atoms with Gasteiger partial charge in [0, 0.05) is 49.6 Å². The molecule has 10 aromatic rings. The number of rotatable bonds is 5. The van der Waals surface area contributed by atoms with Gasteiger partial charge in [-0.1, -0.05) is 151 Å².